The molecule has 0 bridgehead atoms. The minimum Gasteiger partial charge on any atom is -0.508 e. The van der Waals surface area contributed by atoms with E-state index >= 15 is 0 Å². The van der Waals surface area contributed by atoms with Gasteiger partial charge in [-0.2, -0.15) is 0 Å². The van der Waals surface area contributed by atoms with Crippen LogP contribution < -0.4 is 5.32 Å². The summed E-state index contributed by atoms with van der Waals surface area (Å²) in [5.41, 5.74) is 2.28. The molecule has 96 valence electrons. The van der Waals surface area contributed by atoms with E-state index in [1.165, 1.54) is 6.07 Å². The molecule has 4 nitrogen and oxygen atoms in total. The highest BCUT2D eigenvalue weighted by Crippen LogP contribution is 2.18. The maximum absolute atomic E-state index is 12.0. The predicted octanol–water partition coefficient (Wildman–Crippen LogP) is 2.77. The van der Waals surface area contributed by atoms with Gasteiger partial charge in [0.2, 0.25) is 0 Å². The Hall–Kier alpha value is -2.62. The highest BCUT2D eigenvalue weighted by molar-refractivity contribution is 6.04. The lowest BCUT2D eigenvalue weighted by atomic mass is 10.1. The summed E-state index contributed by atoms with van der Waals surface area (Å²) in [6.45, 7) is 1.73. The van der Waals surface area contributed by atoms with Gasteiger partial charge in [0.05, 0.1) is 0 Å². The summed E-state index contributed by atoms with van der Waals surface area (Å²) < 4.78 is 0. The molecule has 0 aromatic heterocycles. The third-order valence-corrected chi connectivity index (χ3v) is 2.76. The van der Waals surface area contributed by atoms with E-state index in [2.05, 4.69) is 5.32 Å². The van der Waals surface area contributed by atoms with Crippen LogP contribution in [0.15, 0.2) is 42.5 Å². The van der Waals surface area contributed by atoms with E-state index in [4.69, 9.17) is 0 Å². The number of rotatable bonds is 3. The van der Waals surface area contributed by atoms with Gasteiger partial charge in [-0.3, -0.25) is 9.59 Å². The van der Waals surface area contributed by atoms with E-state index in [1.54, 1.807) is 43.3 Å². The molecule has 0 aliphatic heterocycles. The van der Waals surface area contributed by atoms with E-state index in [9.17, 15) is 14.7 Å². The molecule has 0 saturated carbocycles. The molecular weight excluding hydrogens is 242 g/mol. The number of nitrogens with one attached hydrogen (secondary N) is 1. The first-order chi connectivity index (χ1) is 9.10. The number of aldehydes is 1. The van der Waals surface area contributed by atoms with Crippen LogP contribution in [0.5, 0.6) is 5.75 Å². The van der Waals surface area contributed by atoms with Gasteiger partial charge in [-0.15, -0.1) is 0 Å². The highest BCUT2D eigenvalue weighted by atomic mass is 16.3. The number of carbonyl (C=O) groups is 2. The van der Waals surface area contributed by atoms with Crippen LogP contribution in [0.4, 0.5) is 5.69 Å². The number of benzene rings is 2. The number of carbonyl (C=O) groups excluding carboxylic acids is 2. The van der Waals surface area contributed by atoms with E-state index in [0.717, 1.165) is 6.29 Å². The molecule has 4 heteroatoms. The van der Waals surface area contributed by atoms with Crippen LogP contribution in [0.2, 0.25) is 0 Å². The van der Waals surface area contributed by atoms with Crippen LogP contribution in [-0.4, -0.2) is 17.3 Å². The van der Waals surface area contributed by atoms with Gasteiger partial charge in [-0.25, -0.2) is 0 Å². The second kappa shape index (κ2) is 5.35. The minimum atomic E-state index is -0.262. The molecule has 0 heterocycles. The van der Waals surface area contributed by atoms with Crippen molar-refractivity contribution in [2.24, 2.45) is 0 Å². The Labute approximate surface area is 110 Å². The van der Waals surface area contributed by atoms with Gasteiger partial charge in [-0.05, 0) is 55.0 Å². The summed E-state index contributed by atoms with van der Waals surface area (Å²) >= 11 is 0. The van der Waals surface area contributed by atoms with Crippen LogP contribution in [0.3, 0.4) is 0 Å². The molecule has 0 aliphatic carbocycles. The molecule has 0 atom stereocenters. The van der Waals surface area contributed by atoms with Crippen molar-refractivity contribution >= 4 is 17.9 Å². The van der Waals surface area contributed by atoms with E-state index in [-0.39, 0.29) is 11.7 Å². The van der Waals surface area contributed by atoms with Crippen molar-refractivity contribution in [1.29, 1.82) is 0 Å². The van der Waals surface area contributed by atoms with Gasteiger partial charge in [0.1, 0.15) is 12.0 Å². The first-order valence-corrected chi connectivity index (χ1v) is 5.76. The third-order valence-electron chi connectivity index (χ3n) is 2.76. The molecule has 2 aromatic carbocycles. The zero-order chi connectivity index (χ0) is 13.8. The SMILES string of the molecule is Cc1cc(C(=O)Nc2ccc(C=O)cc2)ccc1O. The van der Waals surface area contributed by atoms with E-state index < -0.39 is 0 Å². The number of aromatic hydroxyl groups is 1. The molecular formula is C15H13NO3. The Morgan fingerprint density at radius 3 is 2.42 bits per heavy atom. The molecule has 1 amide bonds. The number of aryl methyl sites for hydroxylation is 1. The van der Waals surface area contributed by atoms with E-state index in [0.29, 0.717) is 22.4 Å². The number of hydrogen-bond acceptors (Lipinski definition) is 3. The lowest BCUT2D eigenvalue weighted by Gasteiger charge is -2.06. The fraction of sp³-hybridized carbons (Fsp3) is 0.0667. The smallest absolute Gasteiger partial charge is 0.255 e. The maximum Gasteiger partial charge on any atom is 0.255 e. The normalized spacial score (nSPS) is 9.95. The second-order valence-electron chi connectivity index (χ2n) is 4.20. The first kappa shape index (κ1) is 12.8. The van der Waals surface area contributed by atoms with Crippen molar-refractivity contribution in [3.63, 3.8) is 0 Å². The fourth-order valence-corrected chi connectivity index (χ4v) is 1.64. The number of anilines is 1. The average Bonchev–Trinajstić information content (AvgIpc) is 2.42. The number of amides is 1. The van der Waals surface area contributed by atoms with Crippen molar-refractivity contribution in [2.45, 2.75) is 6.92 Å². The lowest BCUT2D eigenvalue weighted by molar-refractivity contribution is 0.102. The van der Waals surface area contributed by atoms with Gasteiger partial charge in [-0.1, -0.05) is 0 Å². The summed E-state index contributed by atoms with van der Waals surface area (Å²) in [6, 6.07) is 11.2. The number of phenols is 1. The van der Waals surface area contributed by atoms with Gasteiger partial charge in [0.25, 0.3) is 5.91 Å². The van der Waals surface area contributed by atoms with Crippen LogP contribution >= 0.6 is 0 Å². The van der Waals surface area contributed by atoms with Crippen molar-refractivity contribution in [3.05, 3.63) is 59.2 Å². The van der Waals surface area contributed by atoms with E-state index in [1.807, 2.05) is 0 Å². The molecule has 2 N–H and O–H groups in total. The van der Waals surface area contributed by atoms with Crippen LogP contribution in [0.1, 0.15) is 26.3 Å². The Balaban J connectivity index is 2.15. The van der Waals surface area contributed by atoms with Crippen molar-refractivity contribution in [1.82, 2.24) is 0 Å². The molecule has 19 heavy (non-hydrogen) atoms. The van der Waals surface area contributed by atoms with Crippen LogP contribution in [-0.2, 0) is 0 Å². The molecule has 0 fully saturated rings. The Morgan fingerprint density at radius 2 is 1.84 bits per heavy atom. The second-order valence-corrected chi connectivity index (χ2v) is 4.20. The van der Waals surface area contributed by atoms with Crippen LogP contribution in [0, 0.1) is 6.92 Å². The summed E-state index contributed by atoms with van der Waals surface area (Å²) in [5, 5.41) is 12.1. The molecule has 0 saturated heterocycles. The molecule has 2 aromatic rings. The Morgan fingerprint density at radius 1 is 1.16 bits per heavy atom. The maximum atomic E-state index is 12.0. The lowest BCUT2D eigenvalue weighted by Crippen LogP contribution is -2.11. The molecule has 2 rings (SSSR count). The van der Waals surface area contributed by atoms with Gasteiger partial charge >= 0.3 is 0 Å². The molecule has 0 unspecified atom stereocenters. The molecule has 0 spiro atoms. The summed E-state index contributed by atoms with van der Waals surface area (Å²) in [7, 11) is 0. The standard InChI is InChI=1S/C15H13NO3/c1-10-8-12(4-7-14(10)18)15(19)16-13-5-2-11(9-17)3-6-13/h2-9,18H,1H3,(H,16,19). The van der Waals surface area contributed by atoms with Gasteiger partial charge in [0, 0.05) is 16.8 Å². The highest BCUT2D eigenvalue weighted by Gasteiger charge is 2.07. The zero-order valence-electron chi connectivity index (χ0n) is 10.4. The topological polar surface area (TPSA) is 66.4 Å². The first-order valence-electron chi connectivity index (χ1n) is 5.76. The minimum absolute atomic E-state index is 0.159. The number of hydrogen-bond donors (Lipinski definition) is 2. The quantitative estimate of drug-likeness (QED) is 0.829. The summed E-state index contributed by atoms with van der Waals surface area (Å²) in [5.74, 6) is -0.103. The van der Waals surface area contributed by atoms with Crippen LogP contribution in [0.25, 0.3) is 0 Å². The fourth-order valence-electron chi connectivity index (χ4n) is 1.64. The summed E-state index contributed by atoms with van der Waals surface area (Å²) in [6.07, 6.45) is 0.745. The van der Waals surface area contributed by atoms with Crippen molar-refractivity contribution in [2.75, 3.05) is 5.32 Å². The predicted molar refractivity (Wildman–Crippen MR) is 72.6 cm³/mol. The molecule has 0 radical (unpaired) electrons. The Kier molecular flexibility index (Phi) is 3.61. The zero-order valence-corrected chi connectivity index (χ0v) is 10.4. The van der Waals surface area contributed by atoms with Gasteiger partial charge in [0.15, 0.2) is 0 Å². The monoisotopic (exact) mass is 255 g/mol. The Bertz CT molecular complexity index is 618. The molecule has 0 aliphatic rings. The average molecular weight is 255 g/mol. The number of phenolic OH excluding ortho intramolecular Hbond substituents is 1. The third kappa shape index (κ3) is 2.98. The van der Waals surface area contributed by atoms with Gasteiger partial charge < -0.3 is 10.4 Å². The largest absolute Gasteiger partial charge is 0.508 e. The summed E-state index contributed by atoms with van der Waals surface area (Å²) in [4.78, 5) is 22.5. The van der Waals surface area contributed by atoms with Crippen molar-refractivity contribution < 1.29 is 14.7 Å². The van der Waals surface area contributed by atoms with Crippen molar-refractivity contribution in [3.8, 4) is 5.75 Å².